The van der Waals surface area contributed by atoms with Gasteiger partial charge < -0.3 is 14.8 Å². The lowest BCUT2D eigenvalue weighted by Gasteiger charge is -2.39. The minimum Gasteiger partial charge on any atom is -0.345 e. The van der Waals surface area contributed by atoms with E-state index < -0.39 is 22.7 Å². The molecule has 1 aromatic heterocycles. The molecule has 164 valence electrons. The fourth-order valence-electron chi connectivity index (χ4n) is 4.00. The summed E-state index contributed by atoms with van der Waals surface area (Å²) in [6.07, 6.45) is 4.23. The first-order valence-electron chi connectivity index (χ1n) is 10.2. The van der Waals surface area contributed by atoms with Crippen LogP contribution in [0.2, 0.25) is 0 Å². The van der Waals surface area contributed by atoms with Gasteiger partial charge >= 0.3 is 0 Å². The van der Waals surface area contributed by atoms with Gasteiger partial charge in [-0.3, -0.25) is 24.5 Å². The zero-order valence-electron chi connectivity index (χ0n) is 17.4. The van der Waals surface area contributed by atoms with Crippen molar-refractivity contribution in [2.75, 3.05) is 19.6 Å². The molecule has 1 fully saturated rings. The zero-order chi connectivity index (χ0) is 22.8. The van der Waals surface area contributed by atoms with Crippen molar-refractivity contribution in [2.45, 2.75) is 19.4 Å². The Morgan fingerprint density at radius 1 is 1.19 bits per heavy atom. The molecule has 4 rings (SSSR count). The number of fused-ring (bicyclic) bond motifs is 1. The summed E-state index contributed by atoms with van der Waals surface area (Å²) in [4.78, 5) is 59.6. The fourth-order valence-corrected chi connectivity index (χ4v) is 4.00. The summed E-state index contributed by atoms with van der Waals surface area (Å²) >= 11 is 0. The number of hydrogen-bond donors (Lipinski definition) is 1. The molecular formula is C22H21N5O5. The van der Waals surface area contributed by atoms with Crippen LogP contribution in [0.4, 0.5) is 0 Å². The van der Waals surface area contributed by atoms with Crippen molar-refractivity contribution in [3.8, 4) is 0 Å². The number of Topliss-reactive ketones (excluding diaryl/α,β-unsaturated/α-hetero) is 1. The fraction of sp³-hybridized carbons (Fsp3) is 0.273. The SMILES string of the molecule is C[C@@H]1CN(C(=O)c2ccccc2)CCN1C(=O)C(=O)c1c[nH]c2c1=C([N+](=O)[O-])CC=CN=2. The monoisotopic (exact) mass is 435 g/mol. The molecule has 32 heavy (non-hydrogen) atoms. The Balaban J connectivity index is 1.56. The number of nitrogens with zero attached hydrogens (tertiary/aromatic N) is 4. The lowest BCUT2D eigenvalue weighted by atomic mass is 10.1. The molecule has 3 heterocycles. The van der Waals surface area contributed by atoms with Crippen LogP contribution < -0.4 is 10.7 Å². The highest BCUT2D eigenvalue weighted by molar-refractivity contribution is 6.42. The highest BCUT2D eigenvalue weighted by Crippen LogP contribution is 2.15. The zero-order valence-corrected chi connectivity index (χ0v) is 17.4. The predicted octanol–water partition coefficient (Wildman–Crippen LogP) is 0.492. The van der Waals surface area contributed by atoms with Crippen molar-refractivity contribution >= 4 is 23.3 Å². The minimum absolute atomic E-state index is 0.00744. The van der Waals surface area contributed by atoms with Crippen LogP contribution in [0.3, 0.4) is 0 Å². The molecule has 10 heteroatoms. The van der Waals surface area contributed by atoms with Crippen LogP contribution in [0.15, 0.2) is 53.8 Å². The molecule has 0 spiro atoms. The van der Waals surface area contributed by atoms with Crippen molar-refractivity contribution in [2.24, 2.45) is 4.99 Å². The molecule has 0 aliphatic carbocycles. The number of benzene rings is 1. The van der Waals surface area contributed by atoms with E-state index >= 15 is 0 Å². The van der Waals surface area contributed by atoms with Crippen LogP contribution in [0.5, 0.6) is 0 Å². The smallest absolute Gasteiger partial charge is 0.295 e. The van der Waals surface area contributed by atoms with Gasteiger partial charge in [0.15, 0.2) is 0 Å². The van der Waals surface area contributed by atoms with Gasteiger partial charge in [0, 0.05) is 43.6 Å². The Kier molecular flexibility index (Phi) is 5.67. The van der Waals surface area contributed by atoms with Gasteiger partial charge in [0.2, 0.25) is 0 Å². The highest BCUT2D eigenvalue weighted by atomic mass is 16.6. The number of ketones is 1. The molecular weight excluding hydrogens is 414 g/mol. The molecule has 1 saturated heterocycles. The second-order valence-electron chi connectivity index (χ2n) is 7.64. The van der Waals surface area contributed by atoms with Gasteiger partial charge in [0.25, 0.3) is 23.3 Å². The number of aromatic amines is 1. The van der Waals surface area contributed by atoms with Gasteiger partial charge in [-0.15, -0.1) is 0 Å². The number of carbonyl (C=O) groups excluding carboxylic acids is 3. The van der Waals surface area contributed by atoms with Crippen molar-refractivity contribution in [3.05, 3.63) is 80.8 Å². The van der Waals surface area contributed by atoms with E-state index in [1.54, 1.807) is 36.1 Å². The van der Waals surface area contributed by atoms with Gasteiger partial charge in [-0.2, -0.15) is 0 Å². The normalized spacial score (nSPS) is 17.9. The van der Waals surface area contributed by atoms with E-state index in [2.05, 4.69) is 9.98 Å². The third kappa shape index (κ3) is 3.82. The second-order valence-corrected chi connectivity index (χ2v) is 7.64. The summed E-state index contributed by atoms with van der Waals surface area (Å²) in [5, 5.41) is 11.6. The Morgan fingerprint density at radius 3 is 2.62 bits per heavy atom. The second kappa shape index (κ2) is 8.58. The number of rotatable bonds is 4. The van der Waals surface area contributed by atoms with Crippen molar-refractivity contribution in [1.29, 1.82) is 0 Å². The maximum Gasteiger partial charge on any atom is 0.295 e. The molecule has 0 saturated carbocycles. The van der Waals surface area contributed by atoms with E-state index in [-0.39, 0.29) is 53.9 Å². The summed E-state index contributed by atoms with van der Waals surface area (Å²) < 4.78 is 0. The predicted molar refractivity (Wildman–Crippen MR) is 114 cm³/mol. The van der Waals surface area contributed by atoms with E-state index in [4.69, 9.17) is 0 Å². The average Bonchev–Trinajstić information content (AvgIpc) is 3.09. The summed E-state index contributed by atoms with van der Waals surface area (Å²) in [6.45, 7) is 2.52. The molecule has 2 aromatic rings. The molecule has 0 unspecified atom stereocenters. The van der Waals surface area contributed by atoms with Crippen molar-refractivity contribution in [3.63, 3.8) is 0 Å². The number of hydrogen-bond acceptors (Lipinski definition) is 6. The first-order valence-corrected chi connectivity index (χ1v) is 10.2. The van der Waals surface area contributed by atoms with Crippen LogP contribution in [0.25, 0.3) is 5.70 Å². The van der Waals surface area contributed by atoms with Crippen LogP contribution >= 0.6 is 0 Å². The van der Waals surface area contributed by atoms with Crippen LogP contribution in [-0.2, 0) is 4.79 Å². The Morgan fingerprint density at radius 2 is 1.94 bits per heavy atom. The van der Waals surface area contributed by atoms with E-state index in [1.165, 1.54) is 23.4 Å². The summed E-state index contributed by atoms with van der Waals surface area (Å²) in [7, 11) is 0. The van der Waals surface area contributed by atoms with E-state index in [0.29, 0.717) is 5.56 Å². The number of piperazine rings is 1. The van der Waals surface area contributed by atoms with Gasteiger partial charge in [0.1, 0.15) is 10.7 Å². The Labute approximate surface area is 182 Å². The minimum atomic E-state index is -0.839. The maximum atomic E-state index is 13.1. The molecule has 0 radical (unpaired) electrons. The third-order valence-electron chi connectivity index (χ3n) is 5.62. The van der Waals surface area contributed by atoms with Crippen molar-refractivity contribution < 1.29 is 19.3 Å². The van der Waals surface area contributed by atoms with Gasteiger partial charge in [0.05, 0.1) is 16.9 Å². The van der Waals surface area contributed by atoms with Gasteiger partial charge in [-0.05, 0) is 19.1 Å². The summed E-state index contributed by atoms with van der Waals surface area (Å²) in [6, 6.07) is 8.47. The first kappa shape index (κ1) is 21.2. The molecule has 0 bridgehead atoms. The lowest BCUT2D eigenvalue weighted by Crippen LogP contribution is -2.57. The number of nitrogens with one attached hydrogen (secondary N) is 1. The largest absolute Gasteiger partial charge is 0.345 e. The van der Waals surface area contributed by atoms with Gasteiger partial charge in [-0.25, -0.2) is 4.99 Å². The summed E-state index contributed by atoms with van der Waals surface area (Å²) in [5.41, 5.74) is 0.471. The number of carbonyl (C=O) groups is 3. The van der Waals surface area contributed by atoms with Crippen LogP contribution in [0, 0.1) is 10.1 Å². The summed E-state index contributed by atoms with van der Waals surface area (Å²) in [5.74, 6) is -1.73. The van der Waals surface area contributed by atoms with E-state index in [9.17, 15) is 24.5 Å². The molecule has 2 amide bonds. The highest BCUT2D eigenvalue weighted by Gasteiger charge is 2.35. The molecule has 2 aliphatic rings. The number of nitro groups is 1. The third-order valence-corrected chi connectivity index (χ3v) is 5.62. The number of amides is 2. The van der Waals surface area contributed by atoms with Crippen LogP contribution in [-0.4, -0.2) is 63.0 Å². The Bertz CT molecular complexity index is 1250. The van der Waals surface area contributed by atoms with Crippen LogP contribution in [0.1, 0.15) is 34.1 Å². The molecule has 1 atom stereocenters. The molecule has 1 aromatic carbocycles. The number of H-pyrrole nitrogens is 1. The van der Waals surface area contributed by atoms with Gasteiger partial charge in [-0.1, -0.05) is 24.3 Å². The van der Waals surface area contributed by atoms with Crippen molar-refractivity contribution in [1.82, 2.24) is 14.8 Å². The van der Waals surface area contributed by atoms with E-state index in [0.717, 1.165) is 0 Å². The number of aromatic nitrogens is 1. The lowest BCUT2D eigenvalue weighted by molar-refractivity contribution is -0.381. The standard InChI is InChI=1S/C22H21N5O5/c1-14-13-25(21(29)15-6-3-2-4-7-15)10-11-26(14)22(30)19(28)16-12-24-20-18(16)17(27(31)32)8-5-9-23-20/h2-7,9,12,14H,8,10-11,13H2,1H3,(H,23,24)/t14-/m1/s1. The maximum absolute atomic E-state index is 13.1. The Hall–Kier alpha value is -4.08. The van der Waals surface area contributed by atoms with E-state index in [1.807, 2.05) is 6.07 Å². The quantitative estimate of drug-likeness (QED) is 0.323. The molecule has 2 aliphatic heterocycles. The first-order chi connectivity index (χ1) is 15.4. The molecule has 10 nitrogen and oxygen atoms in total. The molecule has 1 N–H and O–H groups in total. The topological polar surface area (TPSA) is 129 Å². The average molecular weight is 435 g/mol.